The number of hydrogen-bond donors (Lipinski definition) is 3. The molecule has 2 aliphatic carbocycles. The zero-order valence-electron chi connectivity index (χ0n) is 16.5. The molecule has 2 aliphatic rings. The molecule has 0 aromatic heterocycles. The van der Waals surface area contributed by atoms with Crippen molar-refractivity contribution in [1.82, 2.24) is 10.2 Å². The molecule has 3 rings (SSSR count). The molecule has 0 saturated heterocycles. The number of nitrogens with zero attached hydrogens (tertiary/aromatic N) is 1. The van der Waals surface area contributed by atoms with Crippen molar-refractivity contribution in [2.24, 2.45) is 5.92 Å². The van der Waals surface area contributed by atoms with Crippen molar-refractivity contribution in [3.05, 3.63) is 29.8 Å². The first-order valence-electron chi connectivity index (χ1n) is 9.84. The van der Waals surface area contributed by atoms with E-state index in [1.54, 1.807) is 0 Å². The molecule has 0 radical (unpaired) electrons. The number of benzene rings is 1. The van der Waals surface area contributed by atoms with Crippen molar-refractivity contribution in [2.45, 2.75) is 64.0 Å². The van der Waals surface area contributed by atoms with Crippen molar-refractivity contribution < 1.29 is 14.7 Å². The Kier molecular flexibility index (Phi) is 5.75. The molecule has 0 bridgehead atoms. The number of aliphatic carboxylic acids is 1. The standard InChI is InChI=1S/C21H31N3O3/c1-21(2,3)15-6-8-16(9-7-15)22-20(27)23-17-10-18(11-17)24(13-19(25)26)12-14-4-5-14/h6-9,14,17-18H,4-5,10-13H2,1-3H3,(H,25,26)(H2,22,23,27). The van der Waals surface area contributed by atoms with Crippen LogP contribution in [0, 0.1) is 5.92 Å². The van der Waals surface area contributed by atoms with E-state index in [1.165, 1.54) is 18.4 Å². The van der Waals surface area contributed by atoms with Crippen LogP contribution in [0.15, 0.2) is 24.3 Å². The van der Waals surface area contributed by atoms with Gasteiger partial charge in [-0.15, -0.1) is 0 Å². The minimum atomic E-state index is -0.775. The number of rotatable bonds is 7. The monoisotopic (exact) mass is 373 g/mol. The summed E-state index contributed by atoms with van der Waals surface area (Å²) in [5.74, 6) is -0.112. The largest absolute Gasteiger partial charge is 0.480 e. The van der Waals surface area contributed by atoms with Gasteiger partial charge in [0.1, 0.15) is 0 Å². The summed E-state index contributed by atoms with van der Waals surface area (Å²) in [6.07, 6.45) is 4.05. The van der Waals surface area contributed by atoms with Crippen LogP contribution in [-0.4, -0.2) is 47.2 Å². The van der Waals surface area contributed by atoms with E-state index >= 15 is 0 Å². The summed E-state index contributed by atoms with van der Waals surface area (Å²) in [5, 5.41) is 15.0. The highest BCUT2D eigenvalue weighted by Gasteiger charge is 2.37. The van der Waals surface area contributed by atoms with E-state index in [0.717, 1.165) is 25.1 Å². The molecule has 6 heteroatoms. The van der Waals surface area contributed by atoms with Crippen LogP contribution < -0.4 is 10.6 Å². The quantitative estimate of drug-likeness (QED) is 0.684. The van der Waals surface area contributed by atoms with Gasteiger partial charge in [-0.1, -0.05) is 32.9 Å². The lowest BCUT2D eigenvalue weighted by Gasteiger charge is -2.42. The molecule has 2 saturated carbocycles. The highest BCUT2D eigenvalue weighted by molar-refractivity contribution is 5.89. The molecular weight excluding hydrogens is 342 g/mol. The predicted octanol–water partition coefficient (Wildman–Crippen LogP) is 3.43. The zero-order chi connectivity index (χ0) is 19.6. The Bertz CT molecular complexity index is 671. The third-order valence-electron chi connectivity index (χ3n) is 5.50. The van der Waals surface area contributed by atoms with E-state index in [1.807, 2.05) is 24.3 Å². The number of carbonyl (C=O) groups excluding carboxylic acids is 1. The molecule has 6 nitrogen and oxygen atoms in total. The van der Waals surface area contributed by atoms with Crippen LogP contribution in [0.2, 0.25) is 0 Å². The predicted molar refractivity (Wildman–Crippen MR) is 106 cm³/mol. The molecular formula is C21H31N3O3. The molecule has 0 atom stereocenters. The van der Waals surface area contributed by atoms with Gasteiger partial charge in [0, 0.05) is 24.3 Å². The summed E-state index contributed by atoms with van der Waals surface area (Å²) in [6, 6.07) is 8.10. The van der Waals surface area contributed by atoms with Crippen LogP contribution in [0.4, 0.5) is 10.5 Å². The Hall–Kier alpha value is -2.08. The van der Waals surface area contributed by atoms with Crippen molar-refractivity contribution in [3.63, 3.8) is 0 Å². The lowest BCUT2D eigenvalue weighted by molar-refractivity contribution is -0.139. The van der Waals surface area contributed by atoms with Crippen LogP contribution >= 0.6 is 0 Å². The summed E-state index contributed by atoms with van der Waals surface area (Å²) in [5.41, 5.74) is 2.09. The van der Waals surface area contributed by atoms with Gasteiger partial charge in [0.15, 0.2) is 0 Å². The molecule has 0 aliphatic heterocycles. The lowest BCUT2D eigenvalue weighted by Crippen LogP contribution is -2.55. The Labute approximate surface area is 161 Å². The number of carbonyl (C=O) groups is 2. The highest BCUT2D eigenvalue weighted by atomic mass is 16.4. The summed E-state index contributed by atoms with van der Waals surface area (Å²) >= 11 is 0. The van der Waals surface area contributed by atoms with Gasteiger partial charge in [0.2, 0.25) is 0 Å². The first kappa shape index (κ1) is 19.7. The summed E-state index contributed by atoms with van der Waals surface area (Å²) < 4.78 is 0. The van der Waals surface area contributed by atoms with E-state index in [2.05, 4.69) is 36.3 Å². The Morgan fingerprint density at radius 3 is 2.30 bits per heavy atom. The smallest absolute Gasteiger partial charge is 0.319 e. The number of amides is 2. The average molecular weight is 373 g/mol. The molecule has 0 unspecified atom stereocenters. The number of anilines is 1. The van der Waals surface area contributed by atoms with Crippen molar-refractivity contribution in [1.29, 1.82) is 0 Å². The van der Waals surface area contributed by atoms with Crippen LogP contribution in [0.25, 0.3) is 0 Å². The van der Waals surface area contributed by atoms with E-state index in [4.69, 9.17) is 5.11 Å². The van der Waals surface area contributed by atoms with Crippen LogP contribution in [0.5, 0.6) is 0 Å². The van der Waals surface area contributed by atoms with Gasteiger partial charge >= 0.3 is 12.0 Å². The molecule has 1 aromatic carbocycles. The lowest BCUT2D eigenvalue weighted by atomic mass is 9.85. The van der Waals surface area contributed by atoms with E-state index in [9.17, 15) is 9.59 Å². The number of nitrogens with one attached hydrogen (secondary N) is 2. The van der Waals surface area contributed by atoms with Crippen LogP contribution in [0.1, 0.15) is 52.0 Å². The molecule has 2 fully saturated rings. The fraction of sp³-hybridized carbons (Fsp3) is 0.619. The third kappa shape index (κ3) is 5.70. The highest BCUT2D eigenvalue weighted by Crippen LogP contribution is 2.33. The van der Waals surface area contributed by atoms with Gasteiger partial charge in [-0.25, -0.2) is 4.79 Å². The van der Waals surface area contributed by atoms with Crippen molar-refractivity contribution >= 4 is 17.7 Å². The number of urea groups is 1. The van der Waals surface area contributed by atoms with Gasteiger partial charge in [-0.2, -0.15) is 0 Å². The van der Waals surface area contributed by atoms with E-state index < -0.39 is 5.97 Å². The SMILES string of the molecule is CC(C)(C)c1ccc(NC(=O)NC2CC(N(CC(=O)O)CC3CC3)C2)cc1. The first-order valence-corrected chi connectivity index (χ1v) is 9.84. The van der Waals surface area contributed by atoms with Gasteiger partial charge < -0.3 is 15.7 Å². The molecule has 3 N–H and O–H groups in total. The second-order valence-corrected chi connectivity index (χ2v) is 9.01. The van der Waals surface area contributed by atoms with Gasteiger partial charge in [-0.3, -0.25) is 9.69 Å². The minimum absolute atomic E-state index is 0.0873. The van der Waals surface area contributed by atoms with Crippen LogP contribution in [-0.2, 0) is 10.2 Å². The maximum atomic E-state index is 12.2. The zero-order valence-corrected chi connectivity index (χ0v) is 16.5. The molecule has 0 spiro atoms. The molecule has 0 heterocycles. The molecule has 1 aromatic rings. The maximum absolute atomic E-state index is 12.2. The Morgan fingerprint density at radius 2 is 1.78 bits per heavy atom. The number of hydrogen-bond acceptors (Lipinski definition) is 3. The topological polar surface area (TPSA) is 81.7 Å². The second kappa shape index (κ2) is 7.89. The minimum Gasteiger partial charge on any atom is -0.480 e. The molecule has 2 amide bonds. The van der Waals surface area contributed by atoms with Gasteiger partial charge in [-0.05, 0) is 54.7 Å². The number of carboxylic acid groups (broad SMARTS) is 1. The Morgan fingerprint density at radius 1 is 1.15 bits per heavy atom. The summed E-state index contributed by atoms with van der Waals surface area (Å²) in [7, 11) is 0. The normalized spacial score (nSPS) is 22.2. The van der Waals surface area contributed by atoms with Crippen molar-refractivity contribution in [2.75, 3.05) is 18.4 Å². The fourth-order valence-electron chi connectivity index (χ4n) is 3.56. The molecule has 27 heavy (non-hydrogen) atoms. The summed E-state index contributed by atoms with van der Waals surface area (Å²) in [6.45, 7) is 7.44. The van der Waals surface area contributed by atoms with E-state index in [0.29, 0.717) is 5.92 Å². The fourth-order valence-corrected chi connectivity index (χ4v) is 3.56. The second-order valence-electron chi connectivity index (χ2n) is 9.01. The van der Waals surface area contributed by atoms with E-state index in [-0.39, 0.29) is 30.1 Å². The number of carboxylic acids is 1. The maximum Gasteiger partial charge on any atom is 0.319 e. The average Bonchev–Trinajstić information content (AvgIpc) is 3.33. The van der Waals surface area contributed by atoms with Gasteiger partial charge in [0.05, 0.1) is 6.54 Å². The van der Waals surface area contributed by atoms with Gasteiger partial charge in [0.25, 0.3) is 0 Å². The Balaban J connectivity index is 1.43. The van der Waals surface area contributed by atoms with Crippen LogP contribution in [0.3, 0.4) is 0 Å². The first-order chi connectivity index (χ1) is 12.7. The third-order valence-corrected chi connectivity index (χ3v) is 5.50. The van der Waals surface area contributed by atoms with Crippen molar-refractivity contribution in [3.8, 4) is 0 Å². The summed E-state index contributed by atoms with van der Waals surface area (Å²) in [4.78, 5) is 25.4. The molecule has 148 valence electrons.